The van der Waals surface area contributed by atoms with Crippen molar-refractivity contribution < 1.29 is 23.0 Å². The highest BCUT2D eigenvalue weighted by molar-refractivity contribution is 4.75. The monoisotopic (exact) mass is 283 g/mol. The second-order valence-corrected chi connectivity index (χ2v) is 5.22. The summed E-state index contributed by atoms with van der Waals surface area (Å²) in [5.41, 5.74) is 0. The molecule has 3 nitrogen and oxygen atoms in total. The Hall–Kier alpha value is -0.330. The molecule has 1 aliphatic carbocycles. The fraction of sp³-hybridized carbons (Fsp3) is 1.00. The third kappa shape index (κ3) is 7.13. The molecular weight excluding hydrogens is 259 g/mol. The molecule has 0 radical (unpaired) electrons. The van der Waals surface area contributed by atoms with E-state index < -0.39 is 18.8 Å². The molecule has 19 heavy (non-hydrogen) atoms. The van der Waals surface area contributed by atoms with Crippen LogP contribution in [0, 0.1) is 5.92 Å². The first-order valence-electron chi connectivity index (χ1n) is 6.99. The molecular formula is C13H24F3NO2. The number of halogens is 3. The van der Waals surface area contributed by atoms with Gasteiger partial charge in [0.05, 0.1) is 25.4 Å². The SMILES string of the molecule is CCC1CCCCC1OCC(O)CNCC(F)(F)F. The molecule has 1 saturated carbocycles. The average Bonchev–Trinajstić information content (AvgIpc) is 2.35. The molecule has 0 amide bonds. The molecule has 114 valence electrons. The minimum absolute atomic E-state index is 0.0942. The minimum atomic E-state index is -4.24. The molecule has 0 saturated heterocycles. The zero-order chi connectivity index (χ0) is 14.3. The van der Waals surface area contributed by atoms with Gasteiger partial charge in [-0.15, -0.1) is 0 Å². The second-order valence-electron chi connectivity index (χ2n) is 5.22. The van der Waals surface area contributed by atoms with Crippen molar-refractivity contribution in [3.63, 3.8) is 0 Å². The number of hydrogen-bond acceptors (Lipinski definition) is 3. The molecule has 0 spiro atoms. The lowest BCUT2D eigenvalue weighted by molar-refractivity contribution is -0.126. The van der Waals surface area contributed by atoms with Crippen LogP contribution in [-0.4, -0.2) is 43.2 Å². The lowest BCUT2D eigenvalue weighted by Crippen LogP contribution is -2.38. The van der Waals surface area contributed by atoms with E-state index in [1.54, 1.807) is 0 Å². The summed E-state index contributed by atoms with van der Waals surface area (Å²) in [7, 11) is 0. The first-order chi connectivity index (χ1) is 8.92. The van der Waals surface area contributed by atoms with Crippen molar-refractivity contribution in [2.45, 2.75) is 57.4 Å². The molecule has 3 unspecified atom stereocenters. The Kier molecular flexibility index (Phi) is 7.10. The Labute approximate surface area is 112 Å². The molecule has 2 N–H and O–H groups in total. The maximum atomic E-state index is 11.9. The van der Waals surface area contributed by atoms with Gasteiger partial charge in [-0.2, -0.15) is 13.2 Å². The zero-order valence-corrected chi connectivity index (χ0v) is 11.4. The molecule has 1 aliphatic rings. The van der Waals surface area contributed by atoms with Crippen LogP contribution in [0.5, 0.6) is 0 Å². The van der Waals surface area contributed by atoms with Crippen molar-refractivity contribution >= 4 is 0 Å². The summed E-state index contributed by atoms with van der Waals surface area (Å²) in [5.74, 6) is 0.518. The normalized spacial score (nSPS) is 26.4. The summed E-state index contributed by atoms with van der Waals surface area (Å²) in [6.45, 7) is 1.05. The molecule has 0 heterocycles. The van der Waals surface area contributed by atoms with Crippen LogP contribution in [0.4, 0.5) is 13.2 Å². The highest BCUT2D eigenvalue weighted by Crippen LogP contribution is 2.29. The number of aliphatic hydroxyl groups excluding tert-OH is 1. The van der Waals surface area contributed by atoms with E-state index in [0.717, 1.165) is 25.7 Å². The molecule has 0 aliphatic heterocycles. The van der Waals surface area contributed by atoms with Crippen molar-refractivity contribution in [2.24, 2.45) is 5.92 Å². The highest BCUT2D eigenvalue weighted by Gasteiger charge is 2.27. The van der Waals surface area contributed by atoms with E-state index in [1.165, 1.54) is 6.42 Å². The van der Waals surface area contributed by atoms with Gasteiger partial charge in [-0.3, -0.25) is 0 Å². The molecule has 1 fully saturated rings. The summed E-state index contributed by atoms with van der Waals surface area (Å²) in [6, 6.07) is 0. The van der Waals surface area contributed by atoms with Crippen LogP contribution in [0.25, 0.3) is 0 Å². The van der Waals surface area contributed by atoms with Gasteiger partial charge in [-0.1, -0.05) is 26.2 Å². The van der Waals surface area contributed by atoms with E-state index >= 15 is 0 Å². The molecule has 0 bridgehead atoms. The van der Waals surface area contributed by atoms with Crippen molar-refractivity contribution in [3.8, 4) is 0 Å². The Morgan fingerprint density at radius 2 is 2.00 bits per heavy atom. The first-order valence-corrected chi connectivity index (χ1v) is 6.99. The van der Waals surface area contributed by atoms with E-state index in [4.69, 9.17) is 4.74 Å². The van der Waals surface area contributed by atoms with Crippen LogP contribution in [0.1, 0.15) is 39.0 Å². The van der Waals surface area contributed by atoms with Crippen molar-refractivity contribution in [3.05, 3.63) is 0 Å². The van der Waals surface area contributed by atoms with E-state index in [9.17, 15) is 18.3 Å². The largest absolute Gasteiger partial charge is 0.401 e. The number of nitrogens with one attached hydrogen (secondary N) is 1. The Balaban J connectivity index is 2.16. The maximum absolute atomic E-state index is 11.9. The molecule has 1 rings (SSSR count). The molecule has 0 aromatic heterocycles. The van der Waals surface area contributed by atoms with Gasteiger partial charge < -0.3 is 15.2 Å². The summed E-state index contributed by atoms with van der Waals surface area (Å²) in [5, 5.41) is 11.8. The van der Waals surface area contributed by atoms with Gasteiger partial charge in [0.1, 0.15) is 0 Å². The van der Waals surface area contributed by atoms with Gasteiger partial charge in [0.25, 0.3) is 0 Å². The summed E-state index contributed by atoms with van der Waals surface area (Å²) < 4.78 is 41.4. The summed E-state index contributed by atoms with van der Waals surface area (Å²) in [6.07, 6.45) is 0.546. The van der Waals surface area contributed by atoms with Crippen molar-refractivity contribution in [1.82, 2.24) is 5.32 Å². The average molecular weight is 283 g/mol. The van der Waals surface area contributed by atoms with Crippen LogP contribution >= 0.6 is 0 Å². The van der Waals surface area contributed by atoms with Crippen LogP contribution in [-0.2, 0) is 4.74 Å². The smallest absolute Gasteiger partial charge is 0.389 e. The number of hydrogen-bond donors (Lipinski definition) is 2. The minimum Gasteiger partial charge on any atom is -0.389 e. The highest BCUT2D eigenvalue weighted by atomic mass is 19.4. The molecule has 0 aromatic rings. The lowest BCUT2D eigenvalue weighted by atomic mass is 9.85. The number of alkyl halides is 3. The van der Waals surface area contributed by atoms with Gasteiger partial charge in [0, 0.05) is 6.54 Å². The maximum Gasteiger partial charge on any atom is 0.401 e. The second kappa shape index (κ2) is 8.07. The van der Waals surface area contributed by atoms with Gasteiger partial charge in [0.15, 0.2) is 0 Å². The van der Waals surface area contributed by atoms with Gasteiger partial charge >= 0.3 is 6.18 Å². The third-order valence-corrected chi connectivity index (χ3v) is 3.57. The van der Waals surface area contributed by atoms with Crippen LogP contribution in [0.2, 0.25) is 0 Å². The quantitative estimate of drug-likeness (QED) is 0.754. The number of ether oxygens (including phenoxy) is 1. The predicted octanol–water partition coefficient (Wildman–Crippen LogP) is 2.48. The molecule has 3 atom stereocenters. The van der Waals surface area contributed by atoms with E-state index in [1.807, 2.05) is 0 Å². The Morgan fingerprint density at radius 3 is 2.63 bits per heavy atom. The standard InChI is InChI=1S/C13H24F3NO2/c1-2-10-5-3-4-6-12(10)19-8-11(18)7-17-9-13(14,15)16/h10-12,17-18H,2-9H2,1H3. The third-order valence-electron chi connectivity index (χ3n) is 3.57. The van der Waals surface area contributed by atoms with E-state index in [2.05, 4.69) is 12.2 Å². The number of rotatable bonds is 7. The zero-order valence-electron chi connectivity index (χ0n) is 11.4. The van der Waals surface area contributed by atoms with Gasteiger partial charge in [0.2, 0.25) is 0 Å². The molecule has 6 heteroatoms. The Morgan fingerprint density at radius 1 is 1.32 bits per heavy atom. The predicted molar refractivity (Wildman–Crippen MR) is 66.9 cm³/mol. The van der Waals surface area contributed by atoms with Crippen molar-refractivity contribution in [2.75, 3.05) is 19.7 Å². The van der Waals surface area contributed by atoms with Crippen LogP contribution in [0.3, 0.4) is 0 Å². The van der Waals surface area contributed by atoms with Crippen LogP contribution in [0.15, 0.2) is 0 Å². The van der Waals surface area contributed by atoms with E-state index in [-0.39, 0.29) is 19.3 Å². The first kappa shape index (κ1) is 16.7. The Bertz CT molecular complexity index is 249. The van der Waals surface area contributed by atoms with Crippen molar-refractivity contribution in [1.29, 1.82) is 0 Å². The fourth-order valence-electron chi connectivity index (χ4n) is 2.53. The lowest BCUT2D eigenvalue weighted by Gasteiger charge is -2.31. The van der Waals surface area contributed by atoms with Gasteiger partial charge in [-0.25, -0.2) is 0 Å². The fourth-order valence-corrected chi connectivity index (χ4v) is 2.53. The van der Waals surface area contributed by atoms with Crippen LogP contribution < -0.4 is 5.32 Å². The molecule has 0 aromatic carbocycles. The summed E-state index contributed by atoms with van der Waals surface area (Å²) >= 11 is 0. The number of aliphatic hydroxyl groups is 1. The summed E-state index contributed by atoms with van der Waals surface area (Å²) in [4.78, 5) is 0. The van der Waals surface area contributed by atoms with E-state index in [0.29, 0.717) is 5.92 Å². The van der Waals surface area contributed by atoms with Gasteiger partial charge in [-0.05, 0) is 18.8 Å². The topological polar surface area (TPSA) is 41.5 Å².